The van der Waals surface area contributed by atoms with Gasteiger partial charge in [-0.3, -0.25) is 4.79 Å². The van der Waals surface area contributed by atoms with Gasteiger partial charge in [0.25, 0.3) is 0 Å². The molecule has 0 aromatic rings. The summed E-state index contributed by atoms with van der Waals surface area (Å²) in [6, 6.07) is 0. The molecule has 21 heavy (non-hydrogen) atoms. The van der Waals surface area contributed by atoms with E-state index in [0.29, 0.717) is 52.9 Å². The van der Waals surface area contributed by atoms with Gasteiger partial charge >= 0.3 is 5.97 Å². The fourth-order valence-corrected chi connectivity index (χ4v) is 1.51. The van der Waals surface area contributed by atoms with E-state index >= 15 is 0 Å². The van der Waals surface area contributed by atoms with E-state index in [4.69, 9.17) is 28.8 Å². The Hall–Kier alpha value is -0.000000000000000222. The maximum absolute atomic E-state index is 10.2. The van der Waals surface area contributed by atoms with Crippen molar-refractivity contribution in [1.29, 1.82) is 0 Å². The molecule has 0 fully saturated rings. The number of aliphatic carboxylic acids is 1. The highest BCUT2D eigenvalue weighted by Crippen LogP contribution is 1.86. The summed E-state index contributed by atoms with van der Waals surface area (Å²) >= 11 is 2.26. The Labute approximate surface area is 139 Å². The van der Waals surface area contributed by atoms with Crippen molar-refractivity contribution in [3.05, 3.63) is 0 Å². The first kappa shape index (κ1) is 21.0. The summed E-state index contributed by atoms with van der Waals surface area (Å²) in [7, 11) is 0. The Balaban J connectivity index is 2.95. The van der Waals surface area contributed by atoms with E-state index in [1.165, 1.54) is 0 Å². The van der Waals surface area contributed by atoms with Crippen LogP contribution in [0.5, 0.6) is 0 Å². The summed E-state index contributed by atoms with van der Waals surface area (Å²) in [6.07, 6.45) is 0.0201. The molecule has 0 rings (SSSR count). The zero-order valence-corrected chi connectivity index (χ0v) is 14.4. The summed E-state index contributed by atoms with van der Waals surface area (Å²) < 4.78 is 27.2. The number of carbonyl (C=O) groups is 1. The van der Waals surface area contributed by atoms with Crippen LogP contribution >= 0.6 is 22.6 Å². The molecule has 0 spiro atoms. The van der Waals surface area contributed by atoms with E-state index in [-0.39, 0.29) is 13.0 Å². The maximum atomic E-state index is 10.2. The fourth-order valence-electron chi connectivity index (χ4n) is 1.20. The van der Waals surface area contributed by atoms with E-state index in [1.807, 2.05) is 0 Å². The lowest BCUT2D eigenvalue weighted by Gasteiger charge is -2.07. The second-order valence-electron chi connectivity index (χ2n) is 3.89. The quantitative estimate of drug-likeness (QED) is 0.213. The zero-order valence-electron chi connectivity index (χ0n) is 12.3. The van der Waals surface area contributed by atoms with Crippen molar-refractivity contribution < 1.29 is 33.6 Å². The largest absolute Gasteiger partial charge is 0.481 e. The van der Waals surface area contributed by atoms with Crippen LogP contribution in [0.25, 0.3) is 0 Å². The summed E-state index contributed by atoms with van der Waals surface area (Å²) in [6.45, 7) is 5.09. The van der Waals surface area contributed by atoms with Gasteiger partial charge in [-0.1, -0.05) is 22.6 Å². The van der Waals surface area contributed by atoms with Gasteiger partial charge in [0.2, 0.25) is 0 Å². The van der Waals surface area contributed by atoms with Gasteiger partial charge in [0.05, 0.1) is 72.5 Å². The van der Waals surface area contributed by atoms with Gasteiger partial charge in [0.15, 0.2) is 0 Å². The minimum atomic E-state index is -0.858. The van der Waals surface area contributed by atoms with Gasteiger partial charge in [-0.25, -0.2) is 0 Å². The third-order valence-electron chi connectivity index (χ3n) is 2.17. The molecule has 0 aliphatic heterocycles. The molecule has 0 aliphatic rings. The zero-order chi connectivity index (χ0) is 15.6. The number of hydrogen-bond donors (Lipinski definition) is 1. The second-order valence-corrected chi connectivity index (χ2v) is 4.97. The van der Waals surface area contributed by atoms with Crippen molar-refractivity contribution in [2.24, 2.45) is 0 Å². The van der Waals surface area contributed by atoms with Crippen molar-refractivity contribution in [2.45, 2.75) is 6.42 Å². The van der Waals surface area contributed by atoms with Crippen LogP contribution in [0.2, 0.25) is 0 Å². The number of carboxylic acid groups (broad SMARTS) is 1. The van der Waals surface area contributed by atoms with Crippen LogP contribution in [-0.2, 0) is 28.5 Å². The van der Waals surface area contributed by atoms with Gasteiger partial charge in [-0.2, -0.15) is 0 Å². The second kappa shape index (κ2) is 18.1. The Morgan fingerprint density at radius 2 is 1.00 bits per heavy atom. The van der Waals surface area contributed by atoms with E-state index in [2.05, 4.69) is 22.6 Å². The Morgan fingerprint density at radius 1 is 0.667 bits per heavy atom. The molecule has 126 valence electrons. The lowest BCUT2D eigenvalue weighted by molar-refractivity contribution is -0.138. The number of hydrogen-bond acceptors (Lipinski definition) is 6. The lowest BCUT2D eigenvalue weighted by atomic mass is 10.5. The summed E-state index contributed by atoms with van der Waals surface area (Å²) in [5.41, 5.74) is 0. The first-order valence-electron chi connectivity index (χ1n) is 6.94. The number of rotatable bonds is 17. The highest BCUT2D eigenvalue weighted by Gasteiger charge is 1.96. The molecule has 0 saturated carbocycles. The van der Waals surface area contributed by atoms with Crippen LogP contribution in [0.1, 0.15) is 6.42 Å². The molecule has 0 bridgehead atoms. The minimum absolute atomic E-state index is 0.0201. The van der Waals surface area contributed by atoms with Crippen molar-refractivity contribution in [1.82, 2.24) is 0 Å². The molecule has 0 aromatic carbocycles. The Kier molecular flexibility index (Phi) is 18.1. The fraction of sp³-hybridized carbons (Fsp3) is 0.923. The first-order valence-corrected chi connectivity index (χ1v) is 8.46. The van der Waals surface area contributed by atoms with Gasteiger partial charge in [-0.05, 0) is 0 Å². The predicted molar refractivity (Wildman–Crippen MR) is 85.2 cm³/mol. The molecule has 0 unspecified atom stereocenters. The first-order chi connectivity index (χ1) is 10.3. The van der Waals surface area contributed by atoms with Crippen LogP contribution in [0.15, 0.2) is 0 Å². The van der Waals surface area contributed by atoms with Crippen LogP contribution in [0, 0.1) is 0 Å². The maximum Gasteiger partial charge on any atom is 0.305 e. The smallest absolute Gasteiger partial charge is 0.305 e. The molecule has 0 saturated heterocycles. The average molecular weight is 420 g/mol. The minimum Gasteiger partial charge on any atom is -0.481 e. The molecule has 0 aromatic heterocycles. The number of ether oxygens (including phenoxy) is 5. The van der Waals surface area contributed by atoms with Crippen molar-refractivity contribution in [3.8, 4) is 0 Å². The van der Waals surface area contributed by atoms with Crippen molar-refractivity contribution in [3.63, 3.8) is 0 Å². The molecule has 0 atom stereocenters. The van der Waals surface area contributed by atoms with Gasteiger partial charge < -0.3 is 28.8 Å². The third-order valence-corrected chi connectivity index (χ3v) is 2.61. The number of halogens is 1. The normalized spacial score (nSPS) is 10.9. The van der Waals surface area contributed by atoms with Crippen molar-refractivity contribution >= 4 is 28.6 Å². The van der Waals surface area contributed by atoms with Gasteiger partial charge in [-0.15, -0.1) is 0 Å². The van der Waals surface area contributed by atoms with Crippen LogP contribution in [-0.4, -0.2) is 81.6 Å². The van der Waals surface area contributed by atoms with E-state index in [1.54, 1.807) is 0 Å². The summed E-state index contributed by atoms with van der Waals surface area (Å²) in [5, 5.41) is 8.38. The average Bonchev–Trinajstić information content (AvgIpc) is 2.46. The molecule has 7 nitrogen and oxygen atoms in total. The SMILES string of the molecule is O=C(O)CCOCCOCCOCCOCCOCCI. The van der Waals surface area contributed by atoms with Crippen LogP contribution < -0.4 is 0 Å². The summed E-state index contributed by atoms with van der Waals surface area (Å²) in [4.78, 5) is 10.2. The van der Waals surface area contributed by atoms with E-state index in [9.17, 15) is 4.79 Å². The van der Waals surface area contributed by atoms with Gasteiger partial charge in [0.1, 0.15) is 0 Å². The topological polar surface area (TPSA) is 83.5 Å². The van der Waals surface area contributed by atoms with Gasteiger partial charge in [0, 0.05) is 4.43 Å². The third kappa shape index (κ3) is 20.0. The summed E-state index contributed by atoms with van der Waals surface area (Å²) in [5.74, 6) is -0.858. The van der Waals surface area contributed by atoms with Crippen LogP contribution in [0.4, 0.5) is 0 Å². The highest BCUT2D eigenvalue weighted by atomic mass is 127. The molecule has 0 aliphatic carbocycles. The monoisotopic (exact) mass is 420 g/mol. The Morgan fingerprint density at radius 3 is 1.33 bits per heavy atom. The molecule has 0 amide bonds. The standard InChI is InChI=1S/C13H25IO7/c14-2-4-18-6-8-20-10-12-21-11-9-19-7-5-17-3-1-13(15)16/h1-12H2,(H,15,16). The molecular weight excluding hydrogens is 395 g/mol. The molecule has 0 radical (unpaired) electrons. The van der Waals surface area contributed by atoms with E-state index in [0.717, 1.165) is 11.0 Å². The number of alkyl halides is 1. The molecule has 8 heteroatoms. The van der Waals surface area contributed by atoms with E-state index < -0.39 is 5.97 Å². The molecular formula is C13H25IO7. The molecule has 0 heterocycles. The lowest BCUT2D eigenvalue weighted by Crippen LogP contribution is -2.13. The number of carboxylic acids is 1. The Bertz CT molecular complexity index is 229. The van der Waals surface area contributed by atoms with Crippen LogP contribution in [0.3, 0.4) is 0 Å². The van der Waals surface area contributed by atoms with Crippen molar-refractivity contribution in [2.75, 3.05) is 70.5 Å². The predicted octanol–water partition coefficient (Wildman–Crippen LogP) is 0.979. The molecule has 1 N–H and O–H groups in total. The highest BCUT2D eigenvalue weighted by molar-refractivity contribution is 14.1.